The Bertz CT molecular complexity index is 406. The van der Waals surface area contributed by atoms with Crippen molar-refractivity contribution >= 4 is 15.9 Å². The second kappa shape index (κ2) is 7.61. The van der Waals surface area contributed by atoms with Gasteiger partial charge in [0, 0.05) is 16.4 Å². The summed E-state index contributed by atoms with van der Waals surface area (Å²) >= 11 is 3.79. The molecule has 1 aromatic rings. The maximum Gasteiger partial charge on any atom is 0.0213 e. The molecule has 1 saturated carbocycles. The molecule has 0 heterocycles. The normalized spacial score (nSPS) is 19.0. The Morgan fingerprint density at radius 3 is 2.35 bits per heavy atom. The third kappa shape index (κ3) is 4.08. The first-order chi connectivity index (χ1) is 9.64. The smallest absolute Gasteiger partial charge is 0.0213 e. The lowest BCUT2D eigenvalue weighted by Crippen LogP contribution is -2.39. The van der Waals surface area contributed by atoms with E-state index in [2.05, 4.69) is 59.4 Å². The molecule has 0 radical (unpaired) electrons. The van der Waals surface area contributed by atoms with Crippen molar-refractivity contribution in [2.75, 3.05) is 13.1 Å². The molecule has 0 spiro atoms. The van der Waals surface area contributed by atoms with Gasteiger partial charge < -0.3 is 5.32 Å². The Morgan fingerprint density at radius 2 is 1.75 bits per heavy atom. The van der Waals surface area contributed by atoms with Crippen LogP contribution >= 0.6 is 15.9 Å². The molecule has 1 N–H and O–H groups in total. The van der Waals surface area contributed by atoms with Gasteiger partial charge in [-0.05, 0) is 36.9 Å². The van der Waals surface area contributed by atoms with Crippen LogP contribution in [0.1, 0.15) is 57.9 Å². The van der Waals surface area contributed by atoms with E-state index in [0.29, 0.717) is 5.41 Å². The molecule has 1 fully saturated rings. The van der Waals surface area contributed by atoms with Gasteiger partial charge in [-0.3, -0.25) is 0 Å². The molecule has 1 aliphatic carbocycles. The molecule has 1 aliphatic rings. The minimum Gasteiger partial charge on any atom is -0.316 e. The zero-order valence-corrected chi connectivity index (χ0v) is 14.5. The average Bonchev–Trinajstić information content (AvgIpc) is 2.65. The van der Waals surface area contributed by atoms with Crippen LogP contribution in [0.3, 0.4) is 0 Å². The van der Waals surface area contributed by atoms with E-state index in [1.54, 1.807) is 0 Å². The highest BCUT2D eigenvalue weighted by molar-refractivity contribution is 9.10. The first-order valence-corrected chi connectivity index (χ1v) is 8.89. The van der Waals surface area contributed by atoms with Crippen LogP contribution in [-0.2, 0) is 5.41 Å². The summed E-state index contributed by atoms with van der Waals surface area (Å²) in [6.45, 7) is 6.80. The summed E-state index contributed by atoms with van der Waals surface area (Å²) in [5.74, 6) is 0.719. The Labute approximate surface area is 132 Å². The van der Waals surface area contributed by atoms with Crippen LogP contribution in [0.15, 0.2) is 28.7 Å². The summed E-state index contributed by atoms with van der Waals surface area (Å²) in [6.07, 6.45) is 8.17. The van der Waals surface area contributed by atoms with E-state index in [-0.39, 0.29) is 0 Å². The molecule has 0 aromatic heterocycles. The summed E-state index contributed by atoms with van der Waals surface area (Å²) in [5, 5.41) is 3.73. The van der Waals surface area contributed by atoms with Crippen LogP contribution in [0.4, 0.5) is 0 Å². The molecule has 1 nitrogen and oxygen atoms in total. The minimum absolute atomic E-state index is 0.325. The first kappa shape index (κ1) is 16.0. The van der Waals surface area contributed by atoms with Crippen molar-refractivity contribution in [3.05, 3.63) is 34.3 Å². The van der Waals surface area contributed by atoms with Crippen molar-refractivity contribution in [1.82, 2.24) is 5.32 Å². The fourth-order valence-corrected chi connectivity index (χ4v) is 4.14. The quantitative estimate of drug-likeness (QED) is 0.720. The zero-order valence-electron chi connectivity index (χ0n) is 12.9. The lowest BCUT2D eigenvalue weighted by molar-refractivity contribution is 0.338. The summed E-state index contributed by atoms with van der Waals surface area (Å²) in [6, 6.07) is 8.84. The predicted molar refractivity (Wildman–Crippen MR) is 91.2 cm³/mol. The van der Waals surface area contributed by atoms with Gasteiger partial charge in [-0.1, -0.05) is 73.7 Å². The molecule has 0 bridgehead atoms. The standard InChI is InChI=1S/C18H28BrN/c1-15(2)13-20-14-18(11-7-3-4-8-12-18)16-9-5-6-10-17(16)19/h5-6,9-10,15,20H,3-4,7-8,11-14H2,1-2H3. The van der Waals surface area contributed by atoms with Gasteiger partial charge in [0.05, 0.1) is 0 Å². The highest BCUT2D eigenvalue weighted by Crippen LogP contribution is 2.41. The van der Waals surface area contributed by atoms with Gasteiger partial charge in [0.1, 0.15) is 0 Å². The van der Waals surface area contributed by atoms with Crippen LogP contribution in [-0.4, -0.2) is 13.1 Å². The van der Waals surface area contributed by atoms with Crippen LogP contribution in [0.25, 0.3) is 0 Å². The Morgan fingerprint density at radius 1 is 1.10 bits per heavy atom. The fraction of sp³-hybridized carbons (Fsp3) is 0.667. The second-order valence-electron chi connectivity index (χ2n) is 6.70. The van der Waals surface area contributed by atoms with E-state index in [1.807, 2.05) is 0 Å². The zero-order chi connectivity index (χ0) is 14.4. The second-order valence-corrected chi connectivity index (χ2v) is 7.55. The first-order valence-electron chi connectivity index (χ1n) is 8.10. The number of hydrogen-bond acceptors (Lipinski definition) is 1. The topological polar surface area (TPSA) is 12.0 Å². The van der Waals surface area contributed by atoms with E-state index in [1.165, 1.54) is 48.6 Å². The van der Waals surface area contributed by atoms with Gasteiger partial charge in [-0.25, -0.2) is 0 Å². The average molecular weight is 338 g/mol. The van der Waals surface area contributed by atoms with Crippen LogP contribution in [0, 0.1) is 5.92 Å². The summed E-state index contributed by atoms with van der Waals surface area (Å²) in [5.41, 5.74) is 1.84. The third-order valence-corrected chi connectivity index (χ3v) is 5.21. The van der Waals surface area contributed by atoms with Gasteiger partial charge in [-0.2, -0.15) is 0 Å². The Balaban J connectivity index is 2.21. The maximum atomic E-state index is 3.79. The summed E-state index contributed by atoms with van der Waals surface area (Å²) in [7, 11) is 0. The van der Waals surface area contributed by atoms with E-state index in [4.69, 9.17) is 0 Å². The van der Waals surface area contributed by atoms with Gasteiger partial charge in [0.15, 0.2) is 0 Å². The van der Waals surface area contributed by atoms with E-state index in [9.17, 15) is 0 Å². The summed E-state index contributed by atoms with van der Waals surface area (Å²) < 4.78 is 1.29. The van der Waals surface area contributed by atoms with Crippen LogP contribution in [0.2, 0.25) is 0 Å². The molecule has 2 rings (SSSR count). The molecule has 0 atom stereocenters. The fourth-order valence-electron chi connectivity index (χ4n) is 3.44. The molecular formula is C18H28BrN. The number of halogens is 1. The number of benzene rings is 1. The van der Waals surface area contributed by atoms with Crippen molar-refractivity contribution in [3.8, 4) is 0 Å². The molecule has 0 saturated heterocycles. The van der Waals surface area contributed by atoms with E-state index in [0.717, 1.165) is 19.0 Å². The van der Waals surface area contributed by atoms with E-state index >= 15 is 0 Å². The molecule has 20 heavy (non-hydrogen) atoms. The number of hydrogen-bond donors (Lipinski definition) is 1. The van der Waals surface area contributed by atoms with Crippen LogP contribution in [0.5, 0.6) is 0 Å². The summed E-state index contributed by atoms with van der Waals surface area (Å²) in [4.78, 5) is 0. The van der Waals surface area contributed by atoms with E-state index < -0.39 is 0 Å². The number of rotatable bonds is 5. The van der Waals surface area contributed by atoms with Crippen molar-refractivity contribution in [2.45, 2.75) is 57.8 Å². The van der Waals surface area contributed by atoms with Crippen LogP contribution < -0.4 is 5.32 Å². The van der Waals surface area contributed by atoms with Crippen molar-refractivity contribution < 1.29 is 0 Å². The van der Waals surface area contributed by atoms with Gasteiger partial charge in [0.2, 0.25) is 0 Å². The maximum absolute atomic E-state index is 3.79. The molecular weight excluding hydrogens is 310 g/mol. The molecule has 2 heteroatoms. The minimum atomic E-state index is 0.325. The van der Waals surface area contributed by atoms with Gasteiger partial charge in [0.25, 0.3) is 0 Å². The molecule has 0 unspecified atom stereocenters. The molecule has 0 aliphatic heterocycles. The van der Waals surface area contributed by atoms with Crippen molar-refractivity contribution in [1.29, 1.82) is 0 Å². The van der Waals surface area contributed by atoms with Gasteiger partial charge >= 0.3 is 0 Å². The molecule has 1 aromatic carbocycles. The lowest BCUT2D eigenvalue weighted by Gasteiger charge is -2.35. The van der Waals surface area contributed by atoms with Crippen molar-refractivity contribution in [3.63, 3.8) is 0 Å². The third-order valence-electron chi connectivity index (χ3n) is 4.52. The van der Waals surface area contributed by atoms with Gasteiger partial charge in [-0.15, -0.1) is 0 Å². The lowest BCUT2D eigenvalue weighted by atomic mass is 9.74. The Kier molecular flexibility index (Phi) is 6.10. The Hall–Kier alpha value is -0.340. The molecule has 0 amide bonds. The van der Waals surface area contributed by atoms with Crippen molar-refractivity contribution in [2.24, 2.45) is 5.92 Å². The highest BCUT2D eigenvalue weighted by Gasteiger charge is 2.33. The predicted octanol–water partition coefficient (Wildman–Crippen LogP) is 5.29. The molecule has 112 valence electrons. The largest absolute Gasteiger partial charge is 0.316 e. The number of nitrogens with one attached hydrogen (secondary N) is 1. The monoisotopic (exact) mass is 337 g/mol. The SMILES string of the molecule is CC(C)CNCC1(c2ccccc2Br)CCCCCC1. The highest BCUT2D eigenvalue weighted by atomic mass is 79.9.